The third-order valence-electron chi connectivity index (χ3n) is 5.33. The van der Waals surface area contributed by atoms with Crippen molar-refractivity contribution >= 4 is 57.6 Å². The lowest BCUT2D eigenvalue weighted by molar-refractivity contribution is -0.193. The Kier molecular flexibility index (Phi) is 12.4. The summed E-state index contributed by atoms with van der Waals surface area (Å²) in [6.45, 7) is 3.72. The lowest BCUT2D eigenvalue weighted by atomic mass is 10.00. The molecule has 0 saturated heterocycles. The second-order valence-electron chi connectivity index (χ2n) is 8.29. The molecular weight excluding hydrogens is 604 g/mol. The molecule has 4 rings (SSSR count). The van der Waals surface area contributed by atoms with Gasteiger partial charge in [-0.15, -0.1) is 11.3 Å². The molecule has 0 fully saturated rings. The van der Waals surface area contributed by atoms with Crippen molar-refractivity contribution in [3.8, 4) is 0 Å². The summed E-state index contributed by atoms with van der Waals surface area (Å²) in [5, 5.41) is 24.5. The molecule has 2 aromatic rings. The Labute approximate surface area is 238 Å². The van der Waals surface area contributed by atoms with E-state index in [1.807, 2.05) is 30.3 Å². The minimum absolute atomic E-state index is 0.0920. The van der Waals surface area contributed by atoms with Gasteiger partial charge in [-0.2, -0.15) is 26.3 Å². The quantitative estimate of drug-likeness (QED) is 0.276. The van der Waals surface area contributed by atoms with Crippen LogP contribution in [0.2, 0.25) is 5.02 Å². The number of hydrogen-bond acceptors (Lipinski definition) is 6. The van der Waals surface area contributed by atoms with Crippen LogP contribution in [0.3, 0.4) is 0 Å². The van der Waals surface area contributed by atoms with Gasteiger partial charge in [-0.1, -0.05) is 29.8 Å². The molecule has 41 heavy (non-hydrogen) atoms. The lowest BCUT2D eigenvalue weighted by Gasteiger charge is -2.16. The van der Waals surface area contributed by atoms with Crippen molar-refractivity contribution in [1.29, 1.82) is 0 Å². The molecule has 2 aliphatic heterocycles. The van der Waals surface area contributed by atoms with E-state index in [1.54, 1.807) is 0 Å². The van der Waals surface area contributed by atoms with Crippen molar-refractivity contribution in [2.75, 3.05) is 31.5 Å². The van der Waals surface area contributed by atoms with E-state index in [9.17, 15) is 31.1 Å². The number of benzene rings is 1. The van der Waals surface area contributed by atoms with Gasteiger partial charge in [-0.05, 0) is 66.9 Å². The standard InChI is InChI=1S/C21H22ClN3OS.2C2HF3O2/c22-18-13-16(1-2-17(18)14-5-9-23-10-6-14)25-21(26)20-4-3-19(27-20)15-7-11-24-12-8-15;2*3-2(4,5)1(6)7/h1-5,7,13,23-24H,6,8-12H2,(H,25,26);2*(H,6,7). The second-order valence-corrected chi connectivity index (χ2v) is 9.78. The van der Waals surface area contributed by atoms with Crippen LogP contribution in [0.4, 0.5) is 32.0 Å². The van der Waals surface area contributed by atoms with Gasteiger partial charge in [0.05, 0.1) is 9.90 Å². The number of alkyl halides is 6. The van der Waals surface area contributed by atoms with Gasteiger partial charge >= 0.3 is 24.3 Å². The van der Waals surface area contributed by atoms with Crippen LogP contribution < -0.4 is 16.0 Å². The first-order valence-electron chi connectivity index (χ1n) is 11.7. The van der Waals surface area contributed by atoms with Crippen molar-refractivity contribution in [3.63, 3.8) is 0 Å². The second kappa shape index (κ2) is 15.0. The summed E-state index contributed by atoms with van der Waals surface area (Å²) in [5.74, 6) is -5.61. The van der Waals surface area contributed by atoms with Crippen LogP contribution in [0.1, 0.15) is 33.0 Å². The number of thiophene rings is 1. The average molecular weight is 628 g/mol. The first kappa shape index (κ1) is 33.8. The van der Waals surface area contributed by atoms with Gasteiger partial charge in [0, 0.05) is 23.7 Å². The topological polar surface area (TPSA) is 128 Å². The Hall–Kier alpha value is -3.40. The molecule has 0 unspecified atom stereocenters. The fourth-order valence-electron chi connectivity index (χ4n) is 3.39. The molecule has 0 bridgehead atoms. The molecule has 8 nitrogen and oxygen atoms in total. The molecule has 1 amide bonds. The Bertz CT molecular complexity index is 1280. The molecule has 3 heterocycles. The normalized spacial score (nSPS) is 15.2. The van der Waals surface area contributed by atoms with Crippen molar-refractivity contribution in [2.45, 2.75) is 25.2 Å². The molecule has 5 N–H and O–H groups in total. The van der Waals surface area contributed by atoms with E-state index in [4.69, 9.17) is 31.4 Å². The van der Waals surface area contributed by atoms with Crippen LogP contribution in [-0.2, 0) is 9.59 Å². The monoisotopic (exact) mass is 627 g/mol. The number of amides is 1. The highest BCUT2D eigenvalue weighted by Gasteiger charge is 2.38. The highest BCUT2D eigenvalue weighted by Crippen LogP contribution is 2.31. The van der Waals surface area contributed by atoms with E-state index >= 15 is 0 Å². The van der Waals surface area contributed by atoms with Crippen LogP contribution in [0.15, 0.2) is 42.5 Å². The Morgan fingerprint density at radius 1 is 0.829 bits per heavy atom. The van der Waals surface area contributed by atoms with E-state index in [-0.39, 0.29) is 5.91 Å². The van der Waals surface area contributed by atoms with Crippen LogP contribution in [-0.4, -0.2) is 66.6 Å². The van der Waals surface area contributed by atoms with E-state index < -0.39 is 24.3 Å². The molecule has 0 aliphatic carbocycles. The summed E-state index contributed by atoms with van der Waals surface area (Å²) in [4.78, 5) is 32.3. The van der Waals surface area contributed by atoms with Crippen molar-refractivity contribution in [1.82, 2.24) is 10.6 Å². The van der Waals surface area contributed by atoms with Gasteiger partial charge in [0.25, 0.3) is 5.91 Å². The summed E-state index contributed by atoms with van der Waals surface area (Å²) < 4.78 is 63.5. The number of rotatable bonds is 4. The minimum Gasteiger partial charge on any atom is -0.475 e. The number of anilines is 1. The van der Waals surface area contributed by atoms with Crippen LogP contribution in [0.5, 0.6) is 0 Å². The van der Waals surface area contributed by atoms with Crippen molar-refractivity contribution in [3.05, 3.63) is 62.8 Å². The SMILES string of the molecule is O=C(Nc1ccc(C2=CCNCC2)c(Cl)c1)c1ccc(C2=CCNCC2)s1.O=C(O)C(F)(F)F.O=C(O)C(F)(F)F. The van der Waals surface area contributed by atoms with Crippen molar-refractivity contribution in [2.24, 2.45) is 0 Å². The zero-order valence-corrected chi connectivity index (χ0v) is 22.5. The van der Waals surface area contributed by atoms with Gasteiger partial charge in [-0.3, -0.25) is 4.79 Å². The number of carboxylic acids is 2. The molecule has 0 atom stereocenters. The fraction of sp³-hybridized carbons (Fsp3) is 0.320. The van der Waals surface area contributed by atoms with Gasteiger partial charge in [-0.25, -0.2) is 9.59 Å². The number of hydrogen-bond donors (Lipinski definition) is 5. The Morgan fingerprint density at radius 2 is 1.34 bits per heavy atom. The summed E-state index contributed by atoms with van der Waals surface area (Å²) in [7, 11) is 0. The maximum Gasteiger partial charge on any atom is 0.490 e. The summed E-state index contributed by atoms with van der Waals surface area (Å²) in [5.41, 5.74) is 4.35. The third-order valence-corrected chi connectivity index (χ3v) is 6.80. The summed E-state index contributed by atoms with van der Waals surface area (Å²) in [6, 6.07) is 9.69. The maximum absolute atomic E-state index is 12.6. The predicted octanol–water partition coefficient (Wildman–Crippen LogP) is 5.67. The molecule has 0 spiro atoms. The number of nitrogens with one attached hydrogen (secondary N) is 3. The maximum atomic E-state index is 12.6. The summed E-state index contributed by atoms with van der Waals surface area (Å²) in [6.07, 6.45) is -3.82. The zero-order valence-electron chi connectivity index (χ0n) is 21.0. The molecule has 1 aromatic carbocycles. The largest absolute Gasteiger partial charge is 0.490 e. The van der Waals surface area contributed by atoms with E-state index in [0.717, 1.165) is 50.3 Å². The first-order chi connectivity index (χ1) is 19.1. The van der Waals surface area contributed by atoms with Gasteiger partial charge < -0.3 is 26.2 Å². The van der Waals surface area contributed by atoms with E-state index in [2.05, 4.69) is 28.1 Å². The molecule has 0 saturated carbocycles. The van der Waals surface area contributed by atoms with Crippen molar-refractivity contribution < 1.29 is 50.9 Å². The molecule has 1 aromatic heterocycles. The number of carboxylic acid groups (broad SMARTS) is 2. The van der Waals surface area contributed by atoms with Gasteiger partial charge in [0.15, 0.2) is 0 Å². The smallest absolute Gasteiger partial charge is 0.475 e. The molecule has 224 valence electrons. The number of halogens is 7. The fourth-order valence-corrected chi connectivity index (χ4v) is 4.66. The number of aliphatic carboxylic acids is 2. The molecule has 0 radical (unpaired) electrons. The van der Waals surface area contributed by atoms with Crippen LogP contribution in [0, 0.1) is 0 Å². The third kappa shape index (κ3) is 11.2. The van der Waals surface area contributed by atoms with Crippen LogP contribution in [0.25, 0.3) is 11.1 Å². The van der Waals surface area contributed by atoms with Gasteiger partial charge in [0.1, 0.15) is 0 Å². The summed E-state index contributed by atoms with van der Waals surface area (Å²) >= 11 is 8.01. The molecule has 16 heteroatoms. The predicted molar refractivity (Wildman–Crippen MR) is 142 cm³/mol. The van der Waals surface area contributed by atoms with E-state index in [0.29, 0.717) is 9.90 Å². The Morgan fingerprint density at radius 3 is 1.78 bits per heavy atom. The molecular formula is C25H24ClF6N3O5S. The van der Waals surface area contributed by atoms with E-state index in [1.165, 1.54) is 27.4 Å². The average Bonchev–Trinajstić information content (AvgIpc) is 3.40. The number of carbonyl (C=O) groups excluding carboxylic acids is 1. The van der Waals surface area contributed by atoms with Gasteiger partial charge in [0.2, 0.25) is 0 Å². The highest BCUT2D eigenvalue weighted by molar-refractivity contribution is 7.15. The first-order valence-corrected chi connectivity index (χ1v) is 12.9. The molecule has 2 aliphatic rings. The Balaban J connectivity index is 0.000000349. The highest BCUT2D eigenvalue weighted by atomic mass is 35.5. The lowest BCUT2D eigenvalue weighted by Crippen LogP contribution is -2.21. The minimum atomic E-state index is -5.08. The number of carbonyl (C=O) groups is 3. The zero-order chi connectivity index (χ0) is 30.8. The van der Waals surface area contributed by atoms with Crippen LogP contribution >= 0.6 is 22.9 Å².